The standard InChI is InChI=1S/C33H48O4/c1-11-31(5,6)27-20-16-25(17-21-27)29(35)37-32(7,8)22-12-13-23-36-33(9,10)28(34)24-14-18-26(19-15-24)30(2,3)4/h14-21H,11-13,22-23H2,1-10H3. The first-order chi connectivity index (χ1) is 17.0. The summed E-state index contributed by atoms with van der Waals surface area (Å²) < 4.78 is 11.8. The summed E-state index contributed by atoms with van der Waals surface area (Å²) in [4.78, 5) is 25.7. The molecule has 0 radical (unpaired) electrons. The second kappa shape index (κ2) is 11.9. The van der Waals surface area contributed by atoms with Gasteiger partial charge in [-0.25, -0.2) is 4.79 Å². The van der Waals surface area contributed by atoms with Gasteiger partial charge in [-0.1, -0.05) is 77.9 Å². The van der Waals surface area contributed by atoms with Gasteiger partial charge in [-0.3, -0.25) is 4.79 Å². The van der Waals surface area contributed by atoms with E-state index in [-0.39, 0.29) is 22.6 Å². The number of rotatable bonds is 12. The van der Waals surface area contributed by atoms with Crippen LogP contribution < -0.4 is 0 Å². The lowest BCUT2D eigenvalue weighted by Gasteiger charge is -2.27. The molecule has 0 aliphatic heterocycles. The summed E-state index contributed by atoms with van der Waals surface area (Å²) >= 11 is 0. The van der Waals surface area contributed by atoms with Gasteiger partial charge in [-0.2, -0.15) is 0 Å². The van der Waals surface area contributed by atoms with Gasteiger partial charge in [0, 0.05) is 12.2 Å². The molecule has 37 heavy (non-hydrogen) atoms. The number of carbonyl (C=O) groups is 2. The minimum atomic E-state index is -0.899. The predicted molar refractivity (Wildman–Crippen MR) is 153 cm³/mol. The van der Waals surface area contributed by atoms with Crippen LogP contribution in [0.2, 0.25) is 0 Å². The fourth-order valence-electron chi connectivity index (χ4n) is 4.14. The summed E-state index contributed by atoms with van der Waals surface area (Å²) in [5, 5.41) is 0. The molecule has 0 spiro atoms. The van der Waals surface area contributed by atoms with Crippen molar-refractivity contribution in [3.63, 3.8) is 0 Å². The molecule has 204 valence electrons. The Hall–Kier alpha value is -2.46. The molecular formula is C33H48O4. The number of esters is 1. The van der Waals surface area contributed by atoms with Gasteiger partial charge in [0.2, 0.25) is 0 Å². The number of hydrogen-bond acceptors (Lipinski definition) is 4. The first-order valence-electron chi connectivity index (χ1n) is 13.6. The van der Waals surface area contributed by atoms with Crippen molar-refractivity contribution in [2.45, 2.75) is 117 Å². The highest BCUT2D eigenvalue weighted by Crippen LogP contribution is 2.28. The molecule has 4 heteroatoms. The molecule has 2 aromatic rings. The van der Waals surface area contributed by atoms with Crippen LogP contribution in [0.1, 0.15) is 127 Å². The zero-order valence-electron chi connectivity index (χ0n) is 24.8. The lowest BCUT2D eigenvalue weighted by atomic mass is 9.82. The largest absolute Gasteiger partial charge is 0.456 e. The Morgan fingerprint density at radius 3 is 1.73 bits per heavy atom. The second-order valence-corrected chi connectivity index (χ2v) is 12.9. The van der Waals surface area contributed by atoms with E-state index in [0.717, 1.165) is 19.3 Å². The van der Waals surface area contributed by atoms with Crippen LogP contribution in [0.4, 0.5) is 0 Å². The van der Waals surface area contributed by atoms with E-state index < -0.39 is 11.2 Å². The molecule has 0 N–H and O–H groups in total. The molecule has 0 saturated heterocycles. The summed E-state index contributed by atoms with van der Waals surface area (Å²) in [7, 11) is 0. The van der Waals surface area contributed by atoms with Crippen molar-refractivity contribution >= 4 is 11.8 Å². The van der Waals surface area contributed by atoms with Gasteiger partial charge in [-0.05, 0) is 87.5 Å². The summed E-state index contributed by atoms with van der Waals surface area (Å²) in [5.41, 5.74) is 2.30. The Bertz CT molecular complexity index is 1040. The number of ketones is 1. The van der Waals surface area contributed by atoms with Crippen molar-refractivity contribution in [2.75, 3.05) is 6.61 Å². The Balaban J connectivity index is 1.82. The van der Waals surface area contributed by atoms with E-state index >= 15 is 0 Å². The fraction of sp³-hybridized carbons (Fsp3) is 0.576. The van der Waals surface area contributed by atoms with Crippen molar-refractivity contribution in [1.82, 2.24) is 0 Å². The molecule has 0 aromatic heterocycles. The molecule has 0 aliphatic carbocycles. The Kier molecular flexibility index (Phi) is 9.93. The normalized spacial score (nSPS) is 12.9. The molecule has 0 bridgehead atoms. The Morgan fingerprint density at radius 2 is 1.22 bits per heavy atom. The molecule has 4 nitrogen and oxygen atoms in total. The van der Waals surface area contributed by atoms with Crippen LogP contribution >= 0.6 is 0 Å². The molecule has 0 unspecified atom stereocenters. The third-order valence-corrected chi connectivity index (χ3v) is 7.35. The fourth-order valence-corrected chi connectivity index (χ4v) is 4.14. The van der Waals surface area contributed by atoms with E-state index in [1.807, 2.05) is 76.2 Å². The maximum Gasteiger partial charge on any atom is 0.338 e. The van der Waals surface area contributed by atoms with Gasteiger partial charge in [-0.15, -0.1) is 0 Å². The van der Waals surface area contributed by atoms with E-state index in [1.54, 1.807) is 0 Å². The average Bonchev–Trinajstić information content (AvgIpc) is 2.82. The lowest BCUT2D eigenvalue weighted by molar-refractivity contribution is -0.0150. The topological polar surface area (TPSA) is 52.6 Å². The molecule has 0 saturated carbocycles. The smallest absolute Gasteiger partial charge is 0.338 e. The minimum absolute atomic E-state index is 0.0180. The number of unbranched alkanes of at least 4 members (excludes halogenated alkanes) is 1. The van der Waals surface area contributed by atoms with Crippen molar-refractivity contribution in [3.8, 4) is 0 Å². The van der Waals surface area contributed by atoms with Crippen molar-refractivity contribution in [1.29, 1.82) is 0 Å². The highest BCUT2D eigenvalue weighted by molar-refractivity contribution is 6.02. The Labute approximate surface area is 225 Å². The third-order valence-electron chi connectivity index (χ3n) is 7.35. The Morgan fingerprint density at radius 1 is 0.703 bits per heavy atom. The molecular weight excluding hydrogens is 460 g/mol. The highest BCUT2D eigenvalue weighted by Gasteiger charge is 2.30. The van der Waals surface area contributed by atoms with Crippen molar-refractivity contribution in [3.05, 3.63) is 70.8 Å². The van der Waals surface area contributed by atoms with E-state index in [0.29, 0.717) is 24.2 Å². The maximum absolute atomic E-state index is 13.0. The average molecular weight is 509 g/mol. The summed E-state index contributed by atoms with van der Waals surface area (Å²) in [6.45, 7) is 21.0. The monoisotopic (exact) mass is 508 g/mol. The SMILES string of the molecule is CCC(C)(C)c1ccc(C(=O)OC(C)(C)CCCCOC(C)(C)C(=O)c2ccc(C(C)(C)C)cc2)cc1. The maximum atomic E-state index is 13.0. The molecule has 2 rings (SSSR count). The van der Waals surface area contributed by atoms with E-state index in [9.17, 15) is 9.59 Å². The van der Waals surface area contributed by atoms with Crippen LogP contribution in [-0.4, -0.2) is 29.6 Å². The zero-order valence-corrected chi connectivity index (χ0v) is 24.8. The molecule has 0 aliphatic rings. The van der Waals surface area contributed by atoms with Crippen LogP contribution in [0.25, 0.3) is 0 Å². The van der Waals surface area contributed by atoms with Gasteiger partial charge < -0.3 is 9.47 Å². The van der Waals surface area contributed by atoms with Gasteiger partial charge in [0.25, 0.3) is 0 Å². The minimum Gasteiger partial charge on any atom is -0.456 e. The lowest BCUT2D eigenvalue weighted by Crippen LogP contribution is -2.35. The first-order valence-corrected chi connectivity index (χ1v) is 13.6. The molecule has 0 fully saturated rings. The summed E-state index contributed by atoms with van der Waals surface area (Å²) in [6.07, 6.45) is 3.35. The van der Waals surface area contributed by atoms with E-state index in [1.165, 1.54) is 11.1 Å². The van der Waals surface area contributed by atoms with Gasteiger partial charge >= 0.3 is 5.97 Å². The predicted octanol–water partition coefficient (Wildman–Crippen LogP) is 8.46. The van der Waals surface area contributed by atoms with Gasteiger partial charge in [0.05, 0.1) is 5.56 Å². The third kappa shape index (κ3) is 8.81. The van der Waals surface area contributed by atoms with Crippen LogP contribution in [0.3, 0.4) is 0 Å². The quantitative estimate of drug-likeness (QED) is 0.164. The molecule has 2 aromatic carbocycles. The summed E-state index contributed by atoms with van der Waals surface area (Å²) in [5.74, 6) is -0.318. The van der Waals surface area contributed by atoms with E-state index in [4.69, 9.17) is 9.47 Å². The number of ether oxygens (including phenoxy) is 2. The second-order valence-electron chi connectivity index (χ2n) is 12.9. The van der Waals surface area contributed by atoms with Gasteiger partial charge in [0.15, 0.2) is 5.78 Å². The van der Waals surface area contributed by atoms with Crippen LogP contribution in [0.15, 0.2) is 48.5 Å². The van der Waals surface area contributed by atoms with Crippen LogP contribution in [0, 0.1) is 0 Å². The van der Waals surface area contributed by atoms with Crippen LogP contribution in [0.5, 0.6) is 0 Å². The van der Waals surface area contributed by atoms with Crippen LogP contribution in [-0.2, 0) is 20.3 Å². The molecule has 0 atom stereocenters. The summed E-state index contributed by atoms with van der Waals surface area (Å²) in [6, 6.07) is 15.6. The number of Topliss-reactive ketones (excluding diaryl/α,β-unsaturated/α-hetero) is 1. The van der Waals surface area contributed by atoms with Crippen molar-refractivity contribution in [2.24, 2.45) is 0 Å². The highest BCUT2D eigenvalue weighted by atomic mass is 16.6. The molecule has 0 amide bonds. The number of carbonyl (C=O) groups excluding carboxylic acids is 2. The first kappa shape index (κ1) is 30.8. The molecule has 0 heterocycles. The number of hydrogen-bond donors (Lipinski definition) is 0. The van der Waals surface area contributed by atoms with Gasteiger partial charge in [0.1, 0.15) is 11.2 Å². The van der Waals surface area contributed by atoms with E-state index in [2.05, 4.69) is 41.5 Å². The van der Waals surface area contributed by atoms with Crippen molar-refractivity contribution < 1.29 is 19.1 Å². The number of benzene rings is 2. The zero-order chi connectivity index (χ0) is 28.1.